The molecule has 19 heavy (non-hydrogen) atoms. The molecule has 2 rings (SSSR count). The summed E-state index contributed by atoms with van der Waals surface area (Å²) in [5.41, 5.74) is 1.14. The van der Waals surface area contributed by atoms with Crippen LogP contribution in [0.5, 0.6) is 5.75 Å². The third-order valence-corrected chi connectivity index (χ3v) is 4.49. The largest absolute Gasteiger partial charge is 0.618 e. The fourth-order valence-corrected chi connectivity index (χ4v) is 3.06. The lowest BCUT2D eigenvalue weighted by Crippen LogP contribution is -2.27. The smallest absolute Gasteiger partial charge is 0.251 e. The standard InChI is InChI=1S/C14H15NO2S2/c1-17-12-9-11(6-7-13(12)18-2)10-19-14-5-3-4-8-15(14)16/h3-9H,10H2,1-2H3. The number of hydrogen-bond acceptors (Lipinski definition) is 4. The van der Waals surface area contributed by atoms with E-state index >= 15 is 0 Å². The van der Waals surface area contributed by atoms with E-state index in [4.69, 9.17) is 4.74 Å². The van der Waals surface area contributed by atoms with Crippen LogP contribution >= 0.6 is 23.5 Å². The maximum atomic E-state index is 11.5. The lowest BCUT2D eigenvalue weighted by atomic mass is 10.2. The van der Waals surface area contributed by atoms with Gasteiger partial charge in [0.2, 0.25) is 0 Å². The van der Waals surface area contributed by atoms with Gasteiger partial charge in [-0.2, -0.15) is 4.73 Å². The monoisotopic (exact) mass is 293 g/mol. The zero-order chi connectivity index (χ0) is 13.7. The Morgan fingerprint density at radius 1 is 1.26 bits per heavy atom. The van der Waals surface area contributed by atoms with Crippen LogP contribution in [0.2, 0.25) is 0 Å². The van der Waals surface area contributed by atoms with Crippen LogP contribution in [-0.2, 0) is 5.75 Å². The molecule has 0 N–H and O–H groups in total. The molecule has 0 fully saturated rings. The van der Waals surface area contributed by atoms with Crippen LogP contribution in [0.1, 0.15) is 5.56 Å². The summed E-state index contributed by atoms with van der Waals surface area (Å²) in [4.78, 5) is 1.12. The zero-order valence-electron chi connectivity index (χ0n) is 10.8. The first-order valence-corrected chi connectivity index (χ1v) is 7.97. The molecule has 0 aliphatic heterocycles. The van der Waals surface area contributed by atoms with Gasteiger partial charge in [0, 0.05) is 22.8 Å². The number of pyridine rings is 1. The fraction of sp³-hybridized carbons (Fsp3) is 0.214. The highest BCUT2D eigenvalue weighted by molar-refractivity contribution is 7.98. The lowest BCUT2D eigenvalue weighted by Gasteiger charge is -2.08. The molecule has 0 aliphatic rings. The first-order chi connectivity index (χ1) is 9.24. The van der Waals surface area contributed by atoms with E-state index in [-0.39, 0.29) is 0 Å². The van der Waals surface area contributed by atoms with Gasteiger partial charge in [-0.1, -0.05) is 17.8 Å². The van der Waals surface area contributed by atoms with Crippen molar-refractivity contribution in [2.75, 3.05) is 13.4 Å². The van der Waals surface area contributed by atoms with Crippen molar-refractivity contribution in [1.82, 2.24) is 0 Å². The maximum absolute atomic E-state index is 11.5. The number of methoxy groups -OCH3 is 1. The van der Waals surface area contributed by atoms with Crippen molar-refractivity contribution in [1.29, 1.82) is 0 Å². The number of thioether (sulfide) groups is 2. The minimum Gasteiger partial charge on any atom is -0.618 e. The average molecular weight is 293 g/mol. The van der Waals surface area contributed by atoms with Gasteiger partial charge < -0.3 is 9.94 Å². The van der Waals surface area contributed by atoms with Crippen molar-refractivity contribution >= 4 is 23.5 Å². The Kier molecular flexibility index (Phi) is 4.99. The number of aromatic nitrogens is 1. The van der Waals surface area contributed by atoms with E-state index in [1.165, 1.54) is 18.0 Å². The Bertz CT molecular complexity index is 561. The van der Waals surface area contributed by atoms with Crippen molar-refractivity contribution in [3.05, 3.63) is 53.4 Å². The Hall–Kier alpha value is -1.33. The van der Waals surface area contributed by atoms with Crippen molar-refractivity contribution < 1.29 is 9.47 Å². The summed E-state index contributed by atoms with van der Waals surface area (Å²) in [6, 6.07) is 11.6. The second kappa shape index (κ2) is 6.73. The molecule has 0 saturated carbocycles. The fourth-order valence-electron chi connectivity index (χ4n) is 1.65. The molecule has 1 aromatic carbocycles. The zero-order valence-corrected chi connectivity index (χ0v) is 12.5. The molecule has 0 amide bonds. The molecule has 2 aromatic rings. The molecule has 3 nitrogen and oxygen atoms in total. The number of ether oxygens (including phenoxy) is 1. The van der Waals surface area contributed by atoms with Gasteiger partial charge in [-0.3, -0.25) is 0 Å². The predicted molar refractivity (Wildman–Crippen MR) is 79.7 cm³/mol. The van der Waals surface area contributed by atoms with Crippen molar-refractivity contribution in [3.8, 4) is 5.75 Å². The highest BCUT2D eigenvalue weighted by Crippen LogP contribution is 2.30. The van der Waals surface area contributed by atoms with Crippen molar-refractivity contribution in [2.24, 2.45) is 0 Å². The molecule has 0 aliphatic carbocycles. The molecule has 0 saturated heterocycles. The van der Waals surface area contributed by atoms with Crippen LogP contribution in [0.4, 0.5) is 0 Å². The van der Waals surface area contributed by atoms with E-state index in [0.717, 1.165) is 26.7 Å². The summed E-state index contributed by atoms with van der Waals surface area (Å²) >= 11 is 3.18. The van der Waals surface area contributed by atoms with Crippen LogP contribution in [0.15, 0.2) is 52.5 Å². The molecule has 0 spiro atoms. The van der Waals surface area contributed by atoms with Gasteiger partial charge in [-0.05, 0) is 30.0 Å². The minimum atomic E-state index is 0.704. The second-order valence-corrected chi connectivity index (χ2v) is 5.69. The molecule has 0 atom stereocenters. The van der Waals surface area contributed by atoms with E-state index in [1.807, 2.05) is 24.5 Å². The topological polar surface area (TPSA) is 36.2 Å². The molecule has 0 unspecified atom stereocenters. The van der Waals surface area contributed by atoms with E-state index < -0.39 is 0 Å². The lowest BCUT2D eigenvalue weighted by molar-refractivity contribution is -0.645. The molecule has 0 radical (unpaired) electrons. The Balaban J connectivity index is 2.10. The Morgan fingerprint density at radius 3 is 2.79 bits per heavy atom. The summed E-state index contributed by atoms with van der Waals surface area (Å²) in [5, 5.41) is 12.2. The number of benzene rings is 1. The van der Waals surface area contributed by atoms with Gasteiger partial charge >= 0.3 is 0 Å². The van der Waals surface area contributed by atoms with E-state index in [1.54, 1.807) is 24.9 Å². The predicted octanol–water partition coefficient (Wildman–Crippen LogP) is 3.34. The molecular weight excluding hydrogens is 278 g/mol. The molecule has 1 aromatic heterocycles. The van der Waals surface area contributed by atoms with Crippen LogP contribution in [-0.4, -0.2) is 13.4 Å². The summed E-state index contributed by atoms with van der Waals surface area (Å²) in [5.74, 6) is 1.63. The van der Waals surface area contributed by atoms with E-state index in [9.17, 15) is 5.21 Å². The normalized spacial score (nSPS) is 10.4. The first-order valence-electron chi connectivity index (χ1n) is 5.76. The van der Waals surface area contributed by atoms with Gasteiger partial charge in [0.05, 0.1) is 7.11 Å². The summed E-state index contributed by atoms with van der Waals surface area (Å²) in [6.07, 6.45) is 3.54. The third kappa shape index (κ3) is 3.58. The molecule has 0 bridgehead atoms. The van der Waals surface area contributed by atoms with E-state index in [0.29, 0.717) is 5.03 Å². The Labute approximate surface area is 121 Å². The van der Waals surface area contributed by atoms with Crippen LogP contribution in [0, 0.1) is 5.21 Å². The third-order valence-electron chi connectivity index (χ3n) is 2.62. The van der Waals surface area contributed by atoms with Gasteiger partial charge in [-0.15, -0.1) is 11.8 Å². The number of rotatable bonds is 5. The first kappa shape index (κ1) is 14.1. The molecule has 5 heteroatoms. The van der Waals surface area contributed by atoms with Crippen LogP contribution < -0.4 is 9.47 Å². The van der Waals surface area contributed by atoms with Gasteiger partial charge in [0.1, 0.15) is 5.75 Å². The molecule has 100 valence electrons. The quantitative estimate of drug-likeness (QED) is 0.481. The molecular formula is C14H15NO2S2. The van der Waals surface area contributed by atoms with Crippen molar-refractivity contribution in [3.63, 3.8) is 0 Å². The van der Waals surface area contributed by atoms with Gasteiger partial charge in [0.25, 0.3) is 5.03 Å². The Morgan fingerprint density at radius 2 is 2.11 bits per heavy atom. The minimum absolute atomic E-state index is 0.704. The van der Waals surface area contributed by atoms with Gasteiger partial charge in [-0.25, -0.2) is 0 Å². The van der Waals surface area contributed by atoms with Crippen molar-refractivity contribution in [2.45, 2.75) is 15.7 Å². The summed E-state index contributed by atoms with van der Waals surface area (Å²) < 4.78 is 6.24. The summed E-state index contributed by atoms with van der Waals surface area (Å²) in [7, 11) is 1.68. The van der Waals surface area contributed by atoms with Gasteiger partial charge in [0.15, 0.2) is 6.20 Å². The molecule has 1 heterocycles. The van der Waals surface area contributed by atoms with E-state index in [2.05, 4.69) is 12.1 Å². The number of nitrogens with zero attached hydrogens (tertiary/aromatic N) is 1. The average Bonchev–Trinajstić information content (AvgIpc) is 2.46. The highest BCUT2D eigenvalue weighted by atomic mass is 32.2. The second-order valence-electron chi connectivity index (χ2n) is 3.84. The number of hydrogen-bond donors (Lipinski definition) is 0. The van der Waals surface area contributed by atoms with Crippen LogP contribution in [0.3, 0.4) is 0 Å². The maximum Gasteiger partial charge on any atom is 0.251 e. The summed E-state index contributed by atoms with van der Waals surface area (Å²) in [6.45, 7) is 0. The SMILES string of the molecule is COc1cc(CSc2cccc[n+]2[O-])ccc1SC. The highest BCUT2D eigenvalue weighted by Gasteiger charge is 2.07. The van der Waals surface area contributed by atoms with Crippen LogP contribution in [0.25, 0.3) is 0 Å².